The van der Waals surface area contributed by atoms with Gasteiger partial charge in [-0.25, -0.2) is 0 Å². The lowest BCUT2D eigenvalue weighted by Crippen LogP contribution is -2.46. The average molecular weight is 284 g/mol. The van der Waals surface area contributed by atoms with Crippen LogP contribution in [0, 0.1) is 12.8 Å². The van der Waals surface area contributed by atoms with Gasteiger partial charge in [0.15, 0.2) is 0 Å². The van der Waals surface area contributed by atoms with Crippen LogP contribution in [0.4, 0.5) is 0 Å². The van der Waals surface area contributed by atoms with Crippen LogP contribution in [0.15, 0.2) is 18.2 Å². The Morgan fingerprint density at radius 2 is 1.95 bits per heavy atom. The number of hydrogen-bond acceptors (Lipinski definition) is 2. The Morgan fingerprint density at radius 3 is 2.57 bits per heavy atom. The molecule has 2 bridgehead atoms. The molecule has 3 aliphatic rings. The molecule has 5 rings (SSSR count). The Bertz CT molecular complexity index is 680. The molecule has 4 heterocycles. The molecule has 0 amide bonds. The van der Waals surface area contributed by atoms with E-state index in [4.69, 9.17) is 4.74 Å². The van der Waals surface area contributed by atoms with Gasteiger partial charge in [-0.05, 0) is 62.5 Å². The van der Waals surface area contributed by atoms with E-state index in [2.05, 4.69) is 41.6 Å². The van der Waals surface area contributed by atoms with Crippen LogP contribution in [0.1, 0.15) is 30.0 Å². The molecule has 3 aliphatic heterocycles. The summed E-state index contributed by atoms with van der Waals surface area (Å²) in [6, 6.07) is 6.50. The number of methoxy groups -OCH3 is 1. The molecule has 0 N–H and O–H groups in total. The summed E-state index contributed by atoms with van der Waals surface area (Å²) in [5, 5.41) is 1.40. The second kappa shape index (κ2) is 4.77. The molecule has 0 saturated carbocycles. The summed E-state index contributed by atoms with van der Waals surface area (Å²) in [7, 11) is 3.94. The smallest absolute Gasteiger partial charge is 0.119 e. The van der Waals surface area contributed by atoms with Gasteiger partial charge in [0.25, 0.3) is 0 Å². The van der Waals surface area contributed by atoms with Crippen molar-refractivity contribution in [3.05, 3.63) is 29.5 Å². The third kappa shape index (κ3) is 1.90. The molecule has 3 heteroatoms. The van der Waals surface area contributed by atoms with E-state index in [0.29, 0.717) is 5.92 Å². The highest BCUT2D eigenvalue weighted by molar-refractivity contribution is 5.87. The zero-order chi connectivity index (χ0) is 14.6. The molecule has 3 saturated heterocycles. The Kier molecular flexibility index (Phi) is 3.00. The fraction of sp³-hybridized carbons (Fsp3) is 0.556. The number of hydrogen-bond donors (Lipinski definition) is 0. The Morgan fingerprint density at radius 1 is 1.19 bits per heavy atom. The monoisotopic (exact) mass is 284 g/mol. The standard InChI is InChI=1S/C18H24N2O/c1-12-18(16-11-20-8-6-13(16)7-9-20)15-10-14(21-3)4-5-17(15)19(12)2/h4-5,10,13,16H,6-9,11H2,1-3H3. The predicted molar refractivity (Wildman–Crippen MR) is 86.1 cm³/mol. The van der Waals surface area contributed by atoms with Crippen LogP contribution in [-0.4, -0.2) is 36.2 Å². The molecule has 1 unspecified atom stereocenters. The second-order valence-electron chi connectivity index (χ2n) is 6.69. The highest BCUT2D eigenvalue weighted by atomic mass is 16.5. The molecule has 2 aromatic rings. The average Bonchev–Trinajstić information content (AvgIpc) is 2.79. The van der Waals surface area contributed by atoms with E-state index in [1.165, 1.54) is 49.1 Å². The van der Waals surface area contributed by atoms with E-state index in [0.717, 1.165) is 11.7 Å². The first-order valence-corrected chi connectivity index (χ1v) is 8.04. The molecule has 21 heavy (non-hydrogen) atoms. The lowest BCUT2D eigenvalue weighted by atomic mass is 9.75. The first kappa shape index (κ1) is 13.2. The van der Waals surface area contributed by atoms with E-state index < -0.39 is 0 Å². The van der Waals surface area contributed by atoms with Crippen molar-refractivity contribution in [2.45, 2.75) is 25.7 Å². The van der Waals surface area contributed by atoms with E-state index >= 15 is 0 Å². The molecule has 0 radical (unpaired) electrons. The summed E-state index contributed by atoms with van der Waals surface area (Å²) in [6.07, 6.45) is 2.73. The highest BCUT2D eigenvalue weighted by Gasteiger charge is 2.37. The summed E-state index contributed by atoms with van der Waals surface area (Å²) in [4.78, 5) is 2.64. The molecule has 1 aromatic carbocycles. The van der Waals surface area contributed by atoms with Crippen molar-refractivity contribution in [2.24, 2.45) is 13.0 Å². The first-order chi connectivity index (χ1) is 10.2. The van der Waals surface area contributed by atoms with Crippen LogP contribution < -0.4 is 4.74 Å². The maximum Gasteiger partial charge on any atom is 0.119 e. The number of nitrogens with zero attached hydrogens (tertiary/aromatic N) is 2. The van der Waals surface area contributed by atoms with Gasteiger partial charge in [0.1, 0.15) is 5.75 Å². The highest BCUT2D eigenvalue weighted by Crippen LogP contribution is 2.44. The van der Waals surface area contributed by atoms with Crippen molar-refractivity contribution in [3.8, 4) is 5.75 Å². The maximum absolute atomic E-state index is 5.46. The number of rotatable bonds is 2. The topological polar surface area (TPSA) is 17.4 Å². The molecule has 1 aromatic heterocycles. The van der Waals surface area contributed by atoms with Gasteiger partial charge < -0.3 is 14.2 Å². The Labute approximate surface area is 126 Å². The lowest BCUT2D eigenvalue weighted by molar-refractivity contribution is 0.0873. The zero-order valence-corrected chi connectivity index (χ0v) is 13.2. The second-order valence-corrected chi connectivity index (χ2v) is 6.69. The summed E-state index contributed by atoms with van der Waals surface area (Å²) in [5.74, 6) is 2.53. The minimum atomic E-state index is 0.698. The Hall–Kier alpha value is -1.48. The quantitative estimate of drug-likeness (QED) is 0.842. The van der Waals surface area contributed by atoms with E-state index in [9.17, 15) is 0 Å². The normalized spacial score (nSPS) is 28.2. The molecule has 1 atom stereocenters. The zero-order valence-electron chi connectivity index (χ0n) is 13.2. The summed E-state index contributed by atoms with van der Waals surface area (Å²) < 4.78 is 7.80. The third-order valence-corrected chi connectivity index (χ3v) is 5.78. The fourth-order valence-corrected chi connectivity index (χ4v) is 4.47. The van der Waals surface area contributed by atoms with Crippen LogP contribution in [0.5, 0.6) is 5.75 Å². The molecule has 3 fully saturated rings. The van der Waals surface area contributed by atoms with E-state index in [1.54, 1.807) is 12.7 Å². The van der Waals surface area contributed by atoms with Gasteiger partial charge in [0.2, 0.25) is 0 Å². The number of benzene rings is 1. The molecular weight excluding hydrogens is 260 g/mol. The summed E-state index contributed by atoms with van der Waals surface area (Å²) in [5.41, 5.74) is 4.33. The number of piperidine rings is 3. The van der Waals surface area contributed by atoms with Gasteiger partial charge in [-0.2, -0.15) is 0 Å². The summed E-state index contributed by atoms with van der Waals surface area (Å²) >= 11 is 0. The van der Waals surface area contributed by atoms with Gasteiger partial charge in [0.05, 0.1) is 7.11 Å². The van der Waals surface area contributed by atoms with Crippen LogP contribution in [0.2, 0.25) is 0 Å². The van der Waals surface area contributed by atoms with Crippen molar-refractivity contribution in [3.63, 3.8) is 0 Å². The van der Waals surface area contributed by atoms with E-state index in [1.807, 2.05) is 0 Å². The van der Waals surface area contributed by atoms with Gasteiger partial charge in [-0.3, -0.25) is 0 Å². The molecule has 112 valence electrons. The number of aromatic nitrogens is 1. The minimum Gasteiger partial charge on any atom is -0.497 e. The number of ether oxygens (including phenoxy) is 1. The first-order valence-electron chi connectivity index (χ1n) is 8.04. The van der Waals surface area contributed by atoms with Gasteiger partial charge in [-0.1, -0.05) is 0 Å². The molecule has 0 spiro atoms. The molecule has 0 aliphatic carbocycles. The predicted octanol–water partition coefficient (Wildman–Crippen LogP) is 3.30. The van der Waals surface area contributed by atoms with Crippen molar-refractivity contribution < 1.29 is 4.74 Å². The van der Waals surface area contributed by atoms with Gasteiger partial charge >= 0.3 is 0 Å². The van der Waals surface area contributed by atoms with Crippen LogP contribution >= 0.6 is 0 Å². The summed E-state index contributed by atoms with van der Waals surface area (Å²) in [6.45, 7) is 6.11. The maximum atomic E-state index is 5.46. The Balaban J connectivity index is 1.89. The van der Waals surface area contributed by atoms with Crippen molar-refractivity contribution >= 4 is 10.9 Å². The van der Waals surface area contributed by atoms with E-state index in [-0.39, 0.29) is 0 Å². The van der Waals surface area contributed by atoms with Crippen molar-refractivity contribution in [2.75, 3.05) is 26.7 Å². The molecule has 3 nitrogen and oxygen atoms in total. The largest absolute Gasteiger partial charge is 0.497 e. The molecular formula is C18H24N2O. The van der Waals surface area contributed by atoms with Gasteiger partial charge in [0, 0.05) is 36.1 Å². The third-order valence-electron chi connectivity index (χ3n) is 5.78. The SMILES string of the molecule is COc1ccc2c(c1)c(C1CN3CCC1CC3)c(C)n2C. The van der Waals surface area contributed by atoms with Crippen LogP contribution in [0.25, 0.3) is 10.9 Å². The minimum absolute atomic E-state index is 0.698. The van der Waals surface area contributed by atoms with Crippen molar-refractivity contribution in [1.29, 1.82) is 0 Å². The van der Waals surface area contributed by atoms with Crippen LogP contribution in [-0.2, 0) is 7.05 Å². The van der Waals surface area contributed by atoms with Crippen molar-refractivity contribution in [1.82, 2.24) is 9.47 Å². The number of aryl methyl sites for hydroxylation is 1. The van der Waals surface area contributed by atoms with Crippen LogP contribution in [0.3, 0.4) is 0 Å². The fourth-order valence-electron chi connectivity index (χ4n) is 4.47. The number of fused-ring (bicyclic) bond motifs is 4. The van der Waals surface area contributed by atoms with Gasteiger partial charge in [-0.15, -0.1) is 0 Å². The lowest BCUT2D eigenvalue weighted by Gasteiger charge is -2.45.